The van der Waals surface area contributed by atoms with Crippen molar-refractivity contribution in [1.29, 1.82) is 0 Å². The summed E-state index contributed by atoms with van der Waals surface area (Å²) in [4.78, 5) is 13.5. The first-order chi connectivity index (χ1) is 12.3. The number of aromatic nitrogens is 5. The number of carbonyl (C=O) groups is 1. The number of hydrogen-bond acceptors (Lipinski definition) is 7. The molecule has 2 aromatic heterocycles. The van der Waals surface area contributed by atoms with Gasteiger partial charge in [-0.15, -0.1) is 20.4 Å². The second kappa shape index (κ2) is 6.31. The fourth-order valence-electron chi connectivity index (χ4n) is 2.86. The first-order valence-electron chi connectivity index (χ1n) is 7.91. The van der Waals surface area contributed by atoms with Gasteiger partial charge in [-0.3, -0.25) is 0 Å². The number of anilines is 1. The van der Waals surface area contributed by atoms with Gasteiger partial charge in [0.15, 0.2) is 23.2 Å². The molecule has 0 atom stereocenters. The highest BCUT2D eigenvalue weighted by atomic mass is 16.5. The first kappa shape index (κ1) is 15.3. The van der Waals surface area contributed by atoms with Crippen molar-refractivity contribution in [3.8, 4) is 11.4 Å². The maximum Gasteiger partial charge on any atom is 0.358 e. The maximum absolute atomic E-state index is 11.4. The van der Waals surface area contributed by atoms with Crippen molar-refractivity contribution in [2.75, 3.05) is 18.6 Å². The Kier molecular flexibility index (Phi) is 3.85. The van der Waals surface area contributed by atoms with Gasteiger partial charge >= 0.3 is 5.97 Å². The number of carbonyl (C=O) groups excluding carboxylic acids is 1. The number of methoxy groups -OCH3 is 1. The lowest BCUT2D eigenvalue weighted by Crippen LogP contribution is -2.34. The lowest BCUT2D eigenvalue weighted by molar-refractivity contribution is 0.0592. The molecule has 25 heavy (non-hydrogen) atoms. The second-order valence-corrected chi connectivity index (χ2v) is 5.65. The third-order valence-corrected chi connectivity index (χ3v) is 4.15. The summed E-state index contributed by atoms with van der Waals surface area (Å²) in [6, 6.07) is 13.4. The summed E-state index contributed by atoms with van der Waals surface area (Å²) in [5, 5.41) is 16.7. The number of ether oxygens (including phenoxy) is 1. The molecule has 1 aromatic carbocycles. The molecule has 1 aliphatic heterocycles. The molecule has 0 spiro atoms. The molecule has 0 aliphatic carbocycles. The highest BCUT2D eigenvalue weighted by Crippen LogP contribution is 2.23. The van der Waals surface area contributed by atoms with Crippen LogP contribution >= 0.6 is 0 Å². The van der Waals surface area contributed by atoms with E-state index in [-0.39, 0.29) is 5.69 Å². The van der Waals surface area contributed by atoms with Gasteiger partial charge in [0, 0.05) is 18.7 Å². The van der Waals surface area contributed by atoms with E-state index in [1.54, 1.807) is 12.1 Å². The standard InChI is InChI=1S/C17H16N6O2/c1-25-17(24)13-7-8-14(19-18-13)22-9-10-23-15(11-22)20-21-16(23)12-5-3-2-4-6-12/h2-8H,9-11H2,1H3. The predicted octanol–water partition coefficient (Wildman–Crippen LogP) is 1.54. The van der Waals surface area contributed by atoms with Gasteiger partial charge in [-0.25, -0.2) is 4.79 Å². The molecule has 0 saturated heterocycles. The molecule has 3 heterocycles. The van der Waals surface area contributed by atoms with Gasteiger partial charge in [-0.2, -0.15) is 0 Å². The van der Waals surface area contributed by atoms with E-state index in [0.717, 1.165) is 30.3 Å². The molecular weight excluding hydrogens is 320 g/mol. The van der Waals surface area contributed by atoms with Crippen LogP contribution in [0.5, 0.6) is 0 Å². The fraction of sp³-hybridized carbons (Fsp3) is 0.235. The smallest absolute Gasteiger partial charge is 0.358 e. The Morgan fingerprint density at radius 2 is 1.84 bits per heavy atom. The van der Waals surface area contributed by atoms with Crippen molar-refractivity contribution in [1.82, 2.24) is 25.0 Å². The Balaban J connectivity index is 1.56. The normalized spacial score (nSPS) is 13.4. The Morgan fingerprint density at radius 3 is 2.56 bits per heavy atom. The van der Waals surface area contributed by atoms with Crippen LogP contribution in [0.25, 0.3) is 11.4 Å². The van der Waals surface area contributed by atoms with Crippen LogP contribution in [0.2, 0.25) is 0 Å². The molecule has 1 aliphatic rings. The van der Waals surface area contributed by atoms with Crippen LogP contribution < -0.4 is 4.90 Å². The highest BCUT2D eigenvalue weighted by Gasteiger charge is 2.23. The highest BCUT2D eigenvalue weighted by molar-refractivity contribution is 5.86. The van der Waals surface area contributed by atoms with Crippen LogP contribution in [0, 0.1) is 0 Å². The summed E-state index contributed by atoms with van der Waals surface area (Å²) in [6.07, 6.45) is 0. The van der Waals surface area contributed by atoms with Crippen LogP contribution in [-0.4, -0.2) is 44.6 Å². The summed E-state index contributed by atoms with van der Waals surface area (Å²) in [6.45, 7) is 2.11. The number of hydrogen-bond donors (Lipinski definition) is 0. The number of rotatable bonds is 3. The van der Waals surface area contributed by atoms with E-state index in [9.17, 15) is 4.79 Å². The molecule has 8 nitrogen and oxygen atoms in total. The number of fused-ring (bicyclic) bond motifs is 1. The van der Waals surface area contributed by atoms with E-state index in [1.165, 1.54) is 7.11 Å². The van der Waals surface area contributed by atoms with Crippen molar-refractivity contribution < 1.29 is 9.53 Å². The first-order valence-corrected chi connectivity index (χ1v) is 7.91. The quantitative estimate of drug-likeness (QED) is 0.671. The minimum Gasteiger partial charge on any atom is -0.464 e. The molecule has 0 saturated carbocycles. The van der Waals surface area contributed by atoms with E-state index in [2.05, 4.69) is 34.6 Å². The van der Waals surface area contributed by atoms with Crippen LogP contribution in [0.15, 0.2) is 42.5 Å². The average molecular weight is 336 g/mol. The Hall–Kier alpha value is -3.29. The van der Waals surface area contributed by atoms with E-state index < -0.39 is 5.97 Å². The van der Waals surface area contributed by atoms with Crippen molar-refractivity contribution in [3.05, 3.63) is 54.0 Å². The Labute approximate surface area is 144 Å². The van der Waals surface area contributed by atoms with Gasteiger partial charge in [0.2, 0.25) is 0 Å². The average Bonchev–Trinajstić information content (AvgIpc) is 3.11. The third-order valence-electron chi connectivity index (χ3n) is 4.15. The van der Waals surface area contributed by atoms with Crippen molar-refractivity contribution >= 4 is 11.8 Å². The minimum atomic E-state index is -0.495. The summed E-state index contributed by atoms with van der Waals surface area (Å²) in [7, 11) is 1.32. The SMILES string of the molecule is COC(=O)c1ccc(N2CCn3c(nnc3-c3ccccc3)C2)nn1. The third kappa shape index (κ3) is 2.82. The summed E-state index contributed by atoms with van der Waals surface area (Å²) >= 11 is 0. The van der Waals surface area contributed by atoms with Crippen LogP contribution in [0.1, 0.15) is 16.3 Å². The molecule has 0 fully saturated rings. The van der Waals surface area contributed by atoms with Crippen LogP contribution in [-0.2, 0) is 17.8 Å². The Bertz CT molecular complexity index is 891. The monoisotopic (exact) mass is 336 g/mol. The van der Waals surface area contributed by atoms with E-state index in [4.69, 9.17) is 0 Å². The molecule has 4 rings (SSSR count). The van der Waals surface area contributed by atoms with E-state index in [1.807, 2.05) is 30.3 Å². The molecule has 0 amide bonds. The maximum atomic E-state index is 11.4. The summed E-state index contributed by atoms with van der Waals surface area (Å²) in [5.41, 5.74) is 1.25. The van der Waals surface area contributed by atoms with Crippen LogP contribution in [0.3, 0.4) is 0 Å². The Morgan fingerprint density at radius 1 is 1.00 bits per heavy atom. The van der Waals surface area contributed by atoms with Crippen molar-refractivity contribution in [2.24, 2.45) is 0 Å². The largest absolute Gasteiger partial charge is 0.464 e. The zero-order chi connectivity index (χ0) is 17.2. The van der Waals surface area contributed by atoms with Gasteiger partial charge < -0.3 is 14.2 Å². The van der Waals surface area contributed by atoms with Gasteiger partial charge in [-0.1, -0.05) is 30.3 Å². The van der Waals surface area contributed by atoms with Gasteiger partial charge in [0.25, 0.3) is 0 Å². The van der Waals surface area contributed by atoms with Gasteiger partial charge in [0.05, 0.1) is 13.7 Å². The lowest BCUT2D eigenvalue weighted by Gasteiger charge is -2.28. The fourth-order valence-corrected chi connectivity index (χ4v) is 2.86. The molecule has 0 radical (unpaired) electrons. The predicted molar refractivity (Wildman–Crippen MR) is 89.9 cm³/mol. The zero-order valence-electron chi connectivity index (χ0n) is 13.7. The molecule has 0 unspecified atom stereocenters. The second-order valence-electron chi connectivity index (χ2n) is 5.65. The molecule has 126 valence electrons. The van der Waals surface area contributed by atoms with Crippen molar-refractivity contribution in [2.45, 2.75) is 13.1 Å². The number of nitrogens with zero attached hydrogens (tertiary/aromatic N) is 6. The van der Waals surface area contributed by atoms with E-state index in [0.29, 0.717) is 12.4 Å². The molecule has 0 N–H and O–H groups in total. The van der Waals surface area contributed by atoms with Crippen LogP contribution in [0.4, 0.5) is 5.82 Å². The summed E-state index contributed by atoms with van der Waals surface area (Å²) in [5.74, 6) is 1.96. The topological polar surface area (TPSA) is 86.0 Å². The van der Waals surface area contributed by atoms with Gasteiger partial charge in [-0.05, 0) is 12.1 Å². The van der Waals surface area contributed by atoms with Crippen molar-refractivity contribution in [3.63, 3.8) is 0 Å². The summed E-state index contributed by atoms with van der Waals surface area (Å²) < 4.78 is 6.76. The molecule has 8 heteroatoms. The van der Waals surface area contributed by atoms with E-state index >= 15 is 0 Å². The zero-order valence-corrected chi connectivity index (χ0v) is 13.7. The molecule has 3 aromatic rings. The molecular formula is C17H16N6O2. The number of esters is 1. The molecule has 0 bridgehead atoms. The van der Waals surface area contributed by atoms with Gasteiger partial charge in [0.1, 0.15) is 0 Å². The lowest BCUT2D eigenvalue weighted by atomic mass is 10.2. The minimum absolute atomic E-state index is 0.192. The number of benzene rings is 1.